The number of halogens is 1. The van der Waals surface area contributed by atoms with Crippen molar-refractivity contribution in [3.8, 4) is 5.88 Å². The van der Waals surface area contributed by atoms with Crippen molar-refractivity contribution in [1.82, 2.24) is 15.6 Å². The maximum atomic E-state index is 5.39. The van der Waals surface area contributed by atoms with Crippen molar-refractivity contribution in [3.63, 3.8) is 0 Å². The predicted octanol–water partition coefficient (Wildman–Crippen LogP) is 2.95. The highest BCUT2D eigenvalue weighted by Crippen LogP contribution is 2.08. The predicted molar refractivity (Wildman–Crippen MR) is 98.5 cm³/mol. The Labute approximate surface area is 145 Å². The van der Waals surface area contributed by atoms with Crippen molar-refractivity contribution in [1.29, 1.82) is 0 Å². The largest absolute Gasteiger partial charge is 0.478 e. The SMILES string of the molecule is CCCCCNC(=NC)NCc1ccnc(OCC)c1.I. The number of hydrogen-bond donors (Lipinski definition) is 2. The lowest BCUT2D eigenvalue weighted by molar-refractivity contribution is 0.326. The van der Waals surface area contributed by atoms with Crippen molar-refractivity contribution in [3.05, 3.63) is 23.9 Å². The molecular formula is C15H27IN4O. The maximum absolute atomic E-state index is 5.39. The molecule has 1 rings (SSSR count). The van der Waals surface area contributed by atoms with E-state index in [0.29, 0.717) is 19.0 Å². The fourth-order valence-electron chi connectivity index (χ4n) is 1.78. The Balaban J connectivity index is 0.00000400. The van der Waals surface area contributed by atoms with Crippen molar-refractivity contribution < 1.29 is 4.74 Å². The molecule has 0 aliphatic carbocycles. The first-order valence-electron chi connectivity index (χ1n) is 7.32. The average molecular weight is 406 g/mol. The molecule has 0 saturated carbocycles. The summed E-state index contributed by atoms with van der Waals surface area (Å²) in [6.45, 7) is 6.44. The van der Waals surface area contributed by atoms with Gasteiger partial charge in [0.1, 0.15) is 0 Å². The molecule has 5 nitrogen and oxygen atoms in total. The highest BCUT2D eigenvalue weighted by molar-refractivity contribution is 14.0. The summed E-state index contributed by atoms with van der Waals surface area (Å²) in [5.41, 5.74) is 1.12. The summed E-state index contributed by atoms with van der Waals surface area (Å²) in [5, 5.41) is 6.59. The molecule has 0 aliphatic heterocycles. The standard InChI is InChI=1S/C15H26N4O.HI/c1-4-6-7-9-18-15(16-3)19-12-13-8-10-17-14(11-13)20-5-2;/h8,10-11H,4-7,9,12H2,1-3H3,(H2,16,18,19);1H. The van der Waals surface area contributed by atoms with Crippen LogP contribution in [0.1, 0.15) is 38.7 Å². The minimum Gasteiger partial charge on any atom is -0.478 e. The second-order valence-corrected chi connectivity index (χ2v) is 4.49. The molecule has 0 unspecified atom stereocenters. The van der Waals surface area contributed by atoms with Crippen LogP contribution in [0.5, 0.6) is 5.88 Å². The van der Waals surface area contributed by atoms with Gasteiger partial charge in [-0.15, -0.1) is 24.0 Å². The number of ether oxygens (including phenoxy) is 1. The molecule has 0 radical (unpaired) electrons. The third-order valence-electron chi connectivity index (χ3n) is 2.85. The van der Waals surface area contributed by atoms with Crippen LogP contribution in [-0.2, 0) is 6.54 Å². The van der Waals surface area contributed by atoms with Gasteiger partial charge in [0, 0.05) is 32.4 Å². The Morgan fingerprint density at radius 3 is 2.76 bits per heavy atom. The Morgan fingerprint density at radius 2 is 2.10 bits per heavy atom. The topological polar surface area (TPSA) is 58.5 Å². The Kier molecular flexibility index (Phi) is 12.0. The van der Waals surface area contributed by atoms with Crippen LogP contribution in [0.25, 0.3) is 0 Å². The van der Waals surface area contributed by atoms with Gasteiger partial charge in [-0.05, 0) is 25.0 Å². The van der Waals surface area contributed by atoms with E-state index >= 15 is 0 Å². The molecule has 0 fully saturated rings. The third-order valence-corrected chi connectivity index (χ3v) is 2.85. The molecule has 0 atom stereocenters. The van der Waals surface area contributed by atoms with E-state index in [4.69, 9.17) is 4.74 Å². The lowest BCUT2D eigenvalue weighted by atomic mass is 10.2. The summed E-state index contributed by atoms with van der Waals surface area (Å²) in [6.07, 6.45) is 5.40. The zero-order valence-electron chi connectivity index (χ0n) is 13.2. The highest BCUT2D eigenvalue weighted by Gasteiger charge is 2.00. The fraction of sp³-hybridized carbons (Fsp3) is 0.600. The van der Waals surface area contributed by atoms with Gasteiger partial charge in [-0.1, -0.05) is 19.8 Å². The molecule has 1 heterocycles. The summed E-state index contributed by atoms with van der Waals surface area (Å²) in [5.74, 6) is 1.49. The Hall–Kier alpha value is -1.05. The van der Waals surface area contributed by atoms with Gasteiger partial charge in [-0.25, -0.2) is 4.98 Å². The number of pyridine rings is 1. The van der Waals surface area contributed by atoms with Gasteiger partial charge in [0.05, 0.1) is 6.61 Å². The number of rotatable bonds is 8. The van der Waals surface area contributed by atoms with E-state index in [0.717, 1.165) is 18.1 Å². The summed E-state index contributed by atoms with van der Waals surface area (Å²) in [4.78, 5) is 8.36. The summed E-state index contributed by atoms with van der Waals surface area (Å²) in [7, 11) is 1.79. The van der Waals surface area contributed by atoms with Gasteiger partial charge in [0.25, 0.3) is 0 Å². The van der Waals surface area contributed by atoms with Crippen LogP contribution >= 0.6 is 24.0 Å². The van der Waals surface area contributed by atoms with Crippen LogP contribution in [0.3, 0.4) is 0 Å². The molecule has 21 heavy (non-hydrogen) atoms. The number of nitrogens with one attached hydrogen (secondary N) is 2. The highest BCUT2D eigenvalue weighted by atomic mass is 127. The zero-order chi connectivity index (χ0) is 14.6. The molecule has 0 spiro atoms. The molecular weight excluding hydrogens is 379 g/mol. The number of hydrogen-bond acceptors (Lipinski definition) is 3. The molecule has 1 aromatic heterocycles. The number of aromatic nitrogens is 1. The molecule has 0 amide bonds. The smallest absolute Gasteiger partial charge is 0.213 e. The monoisotopic (exact) mass is 406 g/mol. The number of unbranched alkanes of at least 4 members (excludes halogenated alkanes) is 2. The molecule has 0 aliphatic rings. The molecule has 2 N–H and O–H groups in total. The molecule has 120 valence electrons. The normalized spacial score (nSPS) is 10.7. The average Bonchev–Trinajstić information content (AvgIpc) is 2.47. The number of aliphatic imine (C=N–C) groups is 1. The van der Waals surface area contributed by atoms with Gasteiger partial charge < -0.3 is 15.4 Å². The van der Waals surface area contributed by atoms with Crippen molar-refractivity contribution >= 4 is 29.9 Å². The van der Waals surface area contributed by atoms with Gasteiger partial charge in [-0.2, -0.15) is 0 Å². The number of guanidine groups is 1. The van der Waals surface area contributed by atoms with E-state index in [1.54, 1.807) is 13.2 Å². The minimum absolute atomic E-state index is 0. The lowest BCUT2D eigenvalue weighted by Gasteiger charge is -2.12. The minimum atomic E-state index is 0. The van der Waals surface area contributed by atoms with Crippen LogP contribution in [0, 0.1) is 0 Å². The zero-order valence-corrected chi connectivity index (χ0v) is 15.5. The second-order valence-electron chi connectivity index (χ2n) is 4.49. The number of nitrogens with zero attached hydrogens (tertiary/aromatic N) is 2. The van der Waals surface area contributed by atoms with Crippen LogP contribution in [0.4, 0.5) is 0 Å². The van der Waals surface area contributed by atoms with Crippen LogP contribution in [0.2, 0.25) is 0 Å². The molecule has 1 aromatic rings. The first-order chi connectivity index (χ1) is 9.80. The summed E-state index contributed by atoms with van der Waals surface area (Å²) >= 11 is 0. The van der Waals surface area contributed by atoms with Crippen LogP contribution < -0.4 is 15.4 Å². The lowest BCUT2D eigenvalue weighted by Crippen LogP contribution is -2.37. The Morgan fingerprint density at radius 1 is 1.29 bits per heavy atom. The first kappa shape index (κ1) is 19.9. The quantitative estimate of drug-likeness (QED) is 0.302. The van der Waals surface area contributed by atoms with Gasteiger partial charge in [0.2, 0.25) is 5.88 Å². The van der Waals surface area contributed by atoms with Crippen LogP contribution in [-0.4, -0.2) is 31.1 Å². The van der Waals surface area contributed by atoms with Gasteiger partial charge >= 0.3 is 0 Å². The second kappa shape index (κ2) is 12.7. The van der Waals surface area contributed by atoms with E-state index in [9.17, 15) is 0 Å². The maximum Gasteiger partial charge on any atom is 0.213 e. The summed E-state index contributed by atoms with van der Waals surface area (Å²) < 4.78 is 5.39. The fourth-order valence-corrected chi connectivity index (χ4v) is 1.78. The van der Waals surface area contributed by atoms with E-state index < -0.39 is 0 Å². The first-order valence-corrected chi connectivity index (χ1v) is 7.32. The molecule has 0 bridgehead atoms. The van der Waals surface area contributed by atoms with Crippen molar-refractivity contribution in [2.24, 2.45) is 4.99 Å². The van der Waals surface area contributed by atoms with E-state index in [2.05, 4.69) is 27.5 Å². The van der Waals surface area contributed by atoms with E-state index in [1.807, 2.05) is 19.1 Å². The van der Waals surface area contributed by atoms with E-state index in [1.165, 1.54) is 19.3 Å². The Bertz CT molecular complexity index is 412. The van der Waals surface area contributed by atoms with Gasteiger partial charge in [0.15, 0.2) is 5.96 Å². The summed E-state index contributed by atoms with van der Waals surface area (Å²) in [6, 6.07) is 3.92. The molecule has 0 aromatic carbocycles. The molecule has 6 heteroatoms. The van der Waals surface area contributed by atoms with Crippen LogP contribution in [0.15, 0.2) is 23.3 Å². The van der Waals surface area contributed by atoms with Crippen molar-refractivity contribution in [2.75, 3.05) is 20.2 Å². The molecule has 0 saturated heterocycles. The third kappa shape index (κ3) is 8.75. The van der Waals surface area contributed by atoms with Crippen molar-refractivity contribution in [2.45, 2.75) is 39.7 Å². The van der Waals surface area contributed by atoms with E-state index in [-0.39, 0.29) is 24.0 Å². The van der Waals surface area contributed by atoms with Gasteiger partial charge in [-0.3, -0.25) is 4.99 Å².